The van der Waals surface area contributed by atoms with Crippen LogP contribution < -0.4 is 0 Å². The number of halogens is 13. The molecule has 0 saturated carbocycles. The van der Waals surface area contributed by atoms with Crippen LogP contribution in [0.2, 0.25) is 0 Å². The molecule has 0 spiro atoms. The minimum atomic E-state index is -6.62. The number of rotatable bonds is 8. The second kappa shape index (κ2) is 6.68. The molecule has 0 saturated heterocycles. The van der Waals surface area contributed by atoms with Gasteiger partial charge in [-0.25, -0.2) is 9.13 Å². The SMILES string of the molecule is FC(OC(F)(F)C(F)(F)OC(F)(F)F)C(F)(F)OCC(F)(F)Cl. The Balaban J connectivity index is 5.00. The molecule has 3 nitrogen and oxygen atoms in total. The molecular formula is C7H3ClF12O3. The molecule has 0 aliphatic heterocycles. The van der Waals surface area contributed by atoms with E-state index < -0.39 is 43.0 Å². The molecule has 16 heteroatoms. The summed E-state index contributed by atoms with van der Waals surface area (Å²) >= 11 is 4.05. The lowest BCUT2D eigenvalue weighted by Gasteiger charge is -2.29. The lowest BCUT2D eigenvalue weighted by atomic mass is 10.5. The van der Waals surface area contributed by atoms with Gasteiger partial charge in [0.15, 0.2) is 0 Å². The fourth-order valence-corrected chi connectivity index (χ4v) is 0.770. The Morgan fingerprint density at radius 1 is 0.783 bits per heavy atom. The highest BCUT2D eigenvalue weighted by molar-refractivity contribution is 6.21. The highest BCUT2D eigenvalue weighted by Gasteiger charge is 2.67. The Hall–Kier alpha value is -0.670. The summed E-state index contributed by atoms with van der Waals surface area (Å²) in [6, 6.07) is 0. The Morgan fingerprint density at radius 2 is 1.22 bits per heavy atom. The van der Waals surface area contributed by atoms with E-state index in [1.165, 1.54) is 0 Å². The molecule has 0 aromatic heterocycles. The van der Waals surface area contributed by atoms with Crippen molar-refractivity contribution >= 4 is 11.6 Å². The third kappa shape index (κ3) is 7.63. The largest absolute Gasteiger partial charge is 0.527 e. The van der Waals surface area contributed by atoms with Gasteiger partial charge in [-0.2, -0.15) is 35.1 Å². The zero-order chi connectivity index (χ0) is 18.9. The predicted octanol–water partition coefficient (Wildman–Crippen LogP) is 4.46. The van der Waals surface area contributed by atoms with Crippen molar-refractivity contribution in [1.82, 2.24) is 0 Å². The highest BCUT2D eigenvalue weighted by atomic mass is 35.5. The van der Waals surface area contributed by atoms with Crippen molar-refractivity contribution in [3.05, 3.63) is 0 Å². The summed E-state index contributed by atoms with van der Waals surface area (Å²) in [5, 5.41) is -4.52. The van der Waals surface area contributed by atoms with Crippen LogP contribution in [0, 0.1) is 0 Å². The molecule has 0 bridgehead atoms. The minimum absolute atomic E-state index is 1.62. The highest BCUT2D eigenvalue weighted by Crippen LogP contribution is 2.43. The molecule has 1 unspecified atom stereocenters. The maximum atomic E-state index is 12.7. The van der Waals surface area contributed by atoms with Gasteiger partial charge in [-0.3, -0.25) is 4.74 Å². The van der Waals surface area contributed by atoms with Gasteiger partial charge in [-0.05, 0) is 11.6 Å². The minimum Gasteiger partial charge on any atom is -0.308 e. The summed E-state index contributed by atoms with van der Waals surface area (Å²) in [6.45, 7) is -2.47. The third-order valence-electron chi connectivity index (χ3n) is 1.53. The van der Waals surface area contributed by atoms with E-state index in [4.69, 9.17) is 0 Å². The summed E-state index contributed by atoms with van der Waals surface area (Å²) in [7, 11) is 0. The normalized spacial score (nSPS) is 16.6. The summed E-state index contributed by atoms with van der Waals surface area (Å²) in [5.74, 6) is 0. The second-order valence-electron chi connectivity index (χ2n) is 3.48. The van der Waals surface area contributed by atoms with Crippen molar-refractivity contribution in [2.24, 2.45) is 0 Å². The van der Waals surface area contributed by atoms with Crippen LogP contribution >= 0.6 is 11.6 Å². The molecule has 0 heterocycles. The molecule has 0 aromatic rings. The topological polar surface area (TPSA) is 27.7 Å². The molecule has 140 valence electrons. The van der Waals surface area contributed by atoms with Crippen LogP contribution in [0.25, 0.3) is 0 Å². The maximum Gasteiger partial charge on any atom is 0.527 e. The monoisotopic (exact) mass is 398 g/mol. The zero-order valence-electron chi connectivity index (χ0n) is 9.92. The van der Waals surface area contributed by atoms with Crippen LogP contribution in [0.15, 0.2) is 0 Å². The average Bonchev–Trinajstić information content (AvgIpc) is 2.21. The molecule has 0 N–H and O–H groups in total. The first-order valence-corrected chi connectivity index (χ1v) is 5.10. The van der Waals surface area contributed by atoms with Crippen molar-refractivity contribution in [3.8, 4) is 0 Å². The Labute approximate surface area is 123 Å². The molecule has 0 fully saturated rings. The quantitative estimate of drug-likeness (QED) is 0.446. The van der Waals surface area contributed by atoms with Crippen LogP contribution in [0.5, 0.6) is 0 Å². The van der Waals surface area contributed by atoms with E-state index in [1.807, 2.05) is 0 Å². The van der Waals surface area contributed by atoms with Gasteiger partial charge in [0.05, 0.1) is 0 Å². The molecular weight excluding hydrogens is 396 g/mol. The third-order valence-corrected chi connectivity index (χ3v) is 1.64. The smallest absolute Gasteiger partial charge is 0.308 e. The van der Waals surface area contributed by atoms with Gasteiger partial charge in [0.1, 0.15) is 6.61 Å². The predicted molar refractivity (Wildman–Crippen MR) is 44.7 cm³/mol. The molecule has 0 aliphatic rings. The lowest BCUT2D eigenvalue weighted by Crippen LogP contribution is -2.52. The van der Waals surface area contributed by atoms with Crippen molar-refractivity contribution in [2.75, 3.05) is 6.61 Å². The van der Waals surface area contributed by atoms with Crippen molar-refractivity contribution in [3.63, 3.8) is 0 Å². The van der Waals surface area contributed by atoms with Crippen LogP contribution in [0.1, 0.15) is 0 Å². The van der Waals surface area contributed by atoms with Crippen LogP contribution in [0.3, 0.4) is 0 Å². The van der Waals surface area contributed by atoms with Gasteiger partial charge in [-0.15, -0.1) is 13.2 Å². The zero-order valence-corrected chi connectivity index (χ0v) is 10.7. The summed E-state index contributed by atoms with van der Waals surface area (Å²) < 4.78 is 153. The Morgan fingerprint density at radius 3 is 1.57 bits per heavy atom. The van der Waals surface area contributed by atoms with E-state index in [1.54, 1.807) is 4.74 Å². The molecule has 0 aliphatic carbocycles. The van der Waals surface area contributed by atoms with Gasteiger partial charge in [0.2, 0.25) is 0 Å². The van der Waals surface area contributed by atoms with Crippen LogP contribution in [0.4, 0.5) is 52.7 Å². The number of alkyl halides is 13. The summed E-state index contributed by atoms with van der Waals surface area (Å²) in [5.41, 5.74) is 0. The standard InChI is InChI=1S/C7H3ClF12O3/c8-3(10,11)1-21-4(12,13)2(9)22-5(14,15)6(16,17)23-7(18,19)20/h2H,1H2. The van der Waals surface area contributed by atoms with E-state index in [0.717, 1.165) is 0 Å². The summed E-state index contributed by atoms with van der Waals surface area (Å²) in [4.78, 5) is 0. The number of hydrogen-bond donors (Lipinski definition) is 0. The first kappa shape index (κ1) is 22.3. The molecule has 0 aromatic carbocycles. The summed E-state index contributed by atoms with van der Waals surface area (Å²) in [6.07, 6.45) is -30.1. The number of ether oxygens (including phenoxy) is 3. The fourth-order valence-electron chi connectivity index (χ4n) is 0.715. The van der Waals surface area contributed by atoms with E-state index in [0.29, 0.717) is 0 Å². The van der Waals surface area contributed by atoms with Crippen LogP contribution in [-0.2, 0) is 14.2 Å². The van der Waals surface area contributed by atoms with Crippen molar-refractivity contribution < 1.29 is 66.9 Å². The van der Waals surface area contributed by atoms with E-state index >= 15 is 0 Å². The van der Waals surface area contributed by atoms with Gasteiger partial charge in [0, 0.05) is 0 Å². The average molecular weight is 399 g/mol. The van der Waals surface area contributed by atoms with E-state index in [9.17, 15) is 52.7 Å². The van der Waals surface area contributed by atoms with E-state index in [2.05, 4.69) is 21.1 Å². The van der Waals surface area contributed by atoms with E-state index in [-0.39, 0.29) is 0 Å². The molecule has 1 atom stereocenters. The first-order chi connectivity index (χ1) is 9.79. The maximum absolute atomic E-state index is 12.7. The second-order valence-corrected chi connectivity index (χ2v) is 4.03. The molecule has 23 heavy (non-hydrogen) atoms. The van der Waals surface area contributed by atoms with Gasteiger partial charge >= 0.3 is 30.1 Å². The lowest BCUT2D eigenvalue weighted by molar-refractivity contribution is -0.522. The Bertz CT molecular complexity index is 391. The molecule has 0 rings (SSSR count). The van der Waals surface area contributed by atoms with Crippen LogP contribution in [-0.4, -0.2) is 43.0 Å². The van der Waals surface area contributed by atoms with Crippen molar-refractivity contribution in [2.45, 2.75) is 36.4 Å². The van der Waals surface area contributed by atoms with Gasteiger partial charge in [0.25, 0.3) is 6.36 Å². The molecule has 0 radical (unpaired) electrons. The molecule has 0 amide bonds. The Kier molecular flexibility index (Phi) is 6.48. The number of hydrogen-bond acceptors (Lipinski definition) is 3. The first-order valence-electron chi connectivity index (χ1n) is 4.72. The van der Waals surface area contributed by atoms with Gasteiger partial charge in [-0.1, -0.05) is 0 Å². The van der Waals surface area contributed by atoms with Gasteiger partial charge < -0.3 is 4.74 Å². The fraction of sp³-hybridized carbons (Fsp3) is 1.00. The van der Waals surface area contributed by atoms with Crippen molar-refractivity contribution in [1.29, 1.82) is 0 Å².